The van der Waals surface area contributed by atoms with Crippen LogP contribution in [0.15, 0.2) is 39.5 Å². The van der Waals surface area contributed by atoms with Crippen LogP contribution >= 0.6 is 11.3 Å². The molecule has 146 valence electrons. The van der Waals surface area contributed by atoms with E-state index in [1.807, 2.05) is 29.0 Å². The van der Waals surface area contributed by atoms with E-state index in [0.717, 1.165) is 48.3 Å². The number of nitrogens with one attached hydrogen (secondary N) is 1. The highest BCUT2D eigenvalue weighted by Gasteiger charge is 2.39. The first kappa shape index (κ1) is 17.7. The maximum absolute atomic E-state index is 5.87. The molecule has 1 aromatic carbocycles. The monoisotopic (exact) mass is 397 g/mol. The van der Waals surface area contributed by atoms with Gasteiger partial charge >= 0.3 is 0 Å². The van der Waals surface area contributed by atoms with E-state index in [-0.39, 0.29) is 5.54 Å². The molecule has 1 fully saturated rings. The van der Waals surface area contributed by atoms with Crippen molar-refractivity contribution in [3.8, 4) is 22.9 Å². The Kier molecular flexibility index (Phi) is 4.78. The molecule has 0 amide bonds. The van der Waals surface area contributed by atoms with Gasteiger partial charge in [0.05, 0.1) is 5.54 Å². The summed E-state index contributed by atoms with van der Waals surface area (Å²) in [5, 5.41) is 12.1. The molecule has 2 aromatic heterocycles. The van der Waals surface area contributed by atoms with Gasteiger partial charge in [0.1, 0.15) is 13.2 Å². The Hall–Kier alpha value is -2.38. The first-order valence-corrected chi connectivity index (χ1v) is 10.8. The minimum Gasteiger partial charge on any atom is -0.486 e. The minimum absolute atomic E-state index is 0.294. The third kappa shape index (κ3) is 3.29. The highest BCUT2D eigenvalue weighted by atomic mass is 32.1. The average Bonchev–Trinajstić information content (AvgIpc) is 3.45. The molecule has 0 unspecified atom stereocenters. The number of rotatable bonds is 5. The Bertz CT molecular complexity index is 932. The molecule has 28 heavy (non-hydrogen) atoms. The third-order valence-corrected chi connectivity index (χ3v) is 6.27. The van der Waals surface area contributed by atoms with Crippen LogP contribution in [0.3, 0.4) is 0 Å². The van der Waals surface area contributed by atoms with Gasteiger partial charge < -0.3 is 14.0 Å². The van der Waals surface area contributed by atoms with Crippen molar-refractivity contribution in [3.05, 3.63) is 46.5 Å². The standard InChI is InChI=1S/C21H23N3O3S/c1-2-8-21(9-3-1,20-23-19(24-27-20)16-7-12-28-14-16)22-13-15-5-4-6-17-18(15)26-11-10-25-17/h4-7,12,14,22H,1-3,8-11,13H2. The van der Waals surface area contributed by atoms with E-state index >= 15 is 0 Å². The molecule has 2 aliphatic rings. The predicted octanol–water partition coefficient (Wildman–Crippen LogP) is 4.52. The summed E-state index contributed by atoms with van der Waals surface area (Å²) >= 11 is 1.64. The number of nitrogens with zero attached hydrogens (tertiary/aromatic N) is 2. The van der Waals surface area contributed by atoms with Gasteiger partial charge in [0.15, 0.2) is 11.5 Å². The van der Waals surface area contributed by atoms with Gasteiger partial charge in [-0.15, -0.1) is 0 Å². The molecule has 1 aliphatic carbocycles. The maximum Gasteiger partial charge on any atom is 0.247 e. The quantitative estimate of drug-likeness (QED) is 0.683. The molecule has 1 aliphatic heterocycles. The highest BCUT2D eigenvalue weighted by Crippen LogP contribution is 2.39. The lowest BCUT2D eigenvalue weighted by atomic mass is 9.81. The van der Waals surface area contributed by atoms with Crippen molar-refractivity contribution < 1.29 is 14.0 Å². The van der Waals surface area contributed by atoms with Crippen LogP contribution in [0.5, 0.6) is 11.5 Å². The van der Waals surface area contributed by atoms with Crippen LogP contribution < -0.4 is 14.8 Å². The fraction of sp³-hybridized carbons (Fsp3) is 0.429. The largest absolute Gasteiger partial charge is 0.486 e. The van der Waals surface area contributed by atoms with Gasteiger partial charge in [0, 0.05) is 23.1 Å². The molecule has 0 saturated heterocycles. The molecule has 3 aromatic rings. The molecule has 0 radical (unpaired) electrons. The zero-order valence-corrected chi connectivity index (χ0v) is 16.5. The first-order valence-electron chi connectivity index (χ1n) is 9.83. The molecular formula is C21H23N3O3S. The van der Waals surface area contributed by atoms with Gasteiger partial charge in [-0.1, -0.05) is 36.6 Å². The number of hydrogen-bond donors (Lipinski definition) is 1. The second kappa shape index (κ2) is 7.56. The van der Waals surface area contributed by atoms with Crippen molar-refractivity contribution in [2.24, 2.45) is 0 Å². The predicted molar refractivity (Wildman–Crippen MR) is 107 cm³/mol. The number of hydrogen-bond acceptors (Lipinski definition) is 7. The minimum atomic E-state index is -0.294. The van der Waals surface area contributed by atoms with Gasteiger partial charge in [-0.3, -0.25) is 5.32 Å². The summed E-state index contributed by atoms with van der Waals surface area (Å²) in [6, 6.07) is 8.08. The van der Waals surface area contributed by atoms with E-state index in [1.165, 1.54) is 6.42 Å². The summed E-state index contributed by atoms with van der Waals surface area (Å²) in [6.45, 7) is 1.85. The van der Waals surface area contributed by atoms with Gasteiger partial charge in [0.2, 0.25) is 11.7 Å². The van der Waals surface area contributed by atoms with Gasteiger partial charge in [0.25, 0.3) is 0 Å². The Morgan fingerprint density at radius 3 is 2.82 bits per heavy atom. The van der Waals surface area contributed by atoms with E-state index in [0.29, 0.717) is 31.5 Å². The highest BCUT2D eigenvalue weighted by molar-refractivity contribution is 7.08. The van der Waals surface area contributed by atoms with Gasteiger partial charge in [-0.2, -0.15) is 16.3 Å². The second-order valence-electron chi connectivity index (χ2n) is 7.37. The molecule has 6 nitrogen and oxygen atoms in total. The Morgan fingerprint density at radius 2 is 1.96 bits per heavy atom. The molecule has 1 saturated carbocycles. The summed E-state index contributed by atoms with van der Waals surface area (Å²) in [5.74, 6) is 3.02. The van der Waals surface area contributed by atoms with Crippen LogP contribution in [-0.2, 0) is 12.1 Å². The zero-order valence-electron chi connectivity index (χ0n) is 15.6. The fourth-order valence-electron chi connectivity index (χ4n) is 4.09. The lowest BCUT2D eigenvalue weighted by Crippen LogP contribution is -2.44. The number of aromatic nitrogens is 2. The molecule has 1 N–H and O–H groups in total. The average molecular weight is 398 g/mol. The number of thiophene rings is 1. The van der Waals surface area contributed by atoms with Crippen LogP contribution in [0.4, 0.5) is 0 Å². The van der Waals surface area contributed by atoms with Crippen molar-refractivity contribution in [2.45, 2.75) is 44.2 Å². The van der Waals surface area contributed by atoms with Crippen LogP contribution in [0.25, 0.3) is 11.4 Å². The van der Waals surface area contributed by atoms with Crippen LogP contribution in [0, 0.1) is 0 Å². The second-order valence-corrected chi connectivity index (χ2v) is 8.15. The van der Waals surface area contributed by atoms with Gasteiger partial charge in [-0.05, 0) is 30.4 Å². The molecule has 0 bridgehead atoms. The summed E-state index contributed by atoms with van der Waals surface area (Å²) in [7, 11) is 0. The van der Waals surface area contributed by atoms with E-state index in [2.05, 4.69) is 16.5 Å². The summed E-state index contributed by atoms with van der Waals surface area (Å²) < 4.78 is 17.3. The maximum atomic E-state index is 5.87. The summed E-state index contributed by atoms with van der Waals surface area (Å²) in [4.78, 5) is 4.76. The first-order chi connectivity index (χ1) is 13.8. The fourth-order valence-corrected chi connectivity index (χ4v) is 4.72. The lowest BCUT2D eigenvalue weighted by molar-refractivity contribution is 0.160. The van der Waals surface area contributed by atoms with Crippen LogP contribution in [0.1, 0.15) is 43.6 Å². The van der Waals surface area contributed by atoms with E-state index < -0.39 is 0 Å². The molecular weight excluding hydrogens is 374 g/mol. The topological polar surface area (TPSA) is 69.4 Å². The molecule has 0 atom stereocenters. The van der Waals surface area contributed by atoms with Crippen molar-refractivity contribution in [1.82, 2.24) is 15.5 Å². The van der Waals surface area contributed by atoms with Crippen molar-refractivity contribution >= 4 is 11.3 Å². The number of para-hydroxylation sites is 1. The van der Waals surface area contributed by atoms with Crippen molar-refractivity contribution in [1.29, 1.82) is 0 Å². The molecule has 0 spiro atoms. The zero-order chi connectivity index (χ0) is 18.8. The molecule has 3 heterocycles. The summed E-state index contributed by atoms with van der Waals surface area (Å²) in [5.41, 5.74) is 1.81. The number of benzene rings is 1. The van der Waals surface area contributed by atoms with Crippen molar-refractivity contribution in [3.63, 3.8) is 0 Å². The van der Waals surface area contributed by atoms with Crippen molar-refractivity contribution in [2.75, 3.05) is 13.2 Å². The molecule has 5 rings (SSSR count). The Morgan fingerprint density at radius 1 is 1.07 bits per heavy atom. The lowest BCUT2D eigenvalue weighted by Gasteiger charge is -2.35. The number of ether oxygens (including phenoxy) is 2. The smallest absolute Gasteiger partial charge is 0.247 e. The van der Waals surface area contributed by atoms with E-state index in [9.17, 15) is 0 Å². The summed E-state index contributed by atoms with van der Waals surface area (Å²) in [6.07, 6.45) is 5.52. The third-order valence-electron chi connectivity index (χ3n) is 5.59. The Labute approximate surface area is 167 Å². The van der Waals surface area contributed by atoms with Crippen LogP contribution in [-0.4, -0.2) is 23.4 Å². The number of fused-ring (bicyclic) bond motifs is 1. The van der Waals surface area contributed by atoms with E-state index in [1.54, 1.807) is 11.3 Å². The molecule has 7 heteroatoms. The van der Waals surface area contributed by atoms with Crippen LogP contribution in [0.2, 0.25) is 0 Å². The van der Waals surface area contributed by atoms with E-state index in [4.69, 9.17) is 19.0 Å². The SMILES string of the molecule is c1cc(CNC2(c3nc(-c4ccsc4)no3)CCCCC2)c2c(c1)OCCO2. The normalized spacial score (nSPS) is 18.1. The Balaban J connectivity index is 1.42. The van der Waals surface area contributed by atoms with Gasteiger partial charge in [-0.25, -0.2) is 0 Å².